The van der Waals surface area contributed by atoms with Crippen molar-refractivity contribution >= 4 is 137 Å². The molecule has 0 saturated carbocycles. The number of hydrogen-bond donors (Lipinski definition) is 0. The van der Waals surface area contributed by atoms with E-state index in [1.807, 2.05) is 42.5 Å². The van der Waals surface area contributed by atoms with Gasteiger partial charge in [0.1, 0.15) is 0 Å². The first-order valence-electron chi connectivity index (χ1n) is 48.3. The third-order valence-electron chi connectivity index (χ3n) is 25.1. The highest BCUT2D eigenvalue weighted by Crippen LogP contribution is 2.51. The molecule has 2 aliphatic heterocycles. The molecule has 18 aromatic carbocycles. The van der Waals surface area contributed by atoms with E-state index in [0.717, 1.165) is 136 Å². The Kier molecular flexibility index (Phi) is 15.6. The molecule has 0 unspecified atom stereocenters. The molecule has 1 aromatic heterocycles. The fourth-order valence-electron chi connectivity index (χ4n) is 19.3. The summed E-state index contributed by atoms with van der Waals surface area (Å²) in [7, 11) is -7.08. The van der Waals surface area contributed by atoms with E-state index in [-0.39, 0.29) is 50.3 Å². The molecule has 3 heterocycles. The maximum Gasteiger partial charge on any atom is 0.252 e. The van der Waals surface area contributed by atoms with Crippen LogP contribution in [0.4, 0.5) is 34.1 Å². The second-order valence-electron chi connectivity index (χ2n) is 34.1. The van der Waals surface area contributed by atoms with Gasteiger partial charge in [-0.15, -0.1) is 0 Å². The highest BCUT2D eigenvalue weighted by Gasteiger charge is 2.49. The van der Waals surface area contributed by atoms with Crippen molar-refractivity contribution in [2.24, 2.45) is 0 Å². The summed E-state index contributed by atoms with van der Waals surface area (Å²) < 4.78 is 125. The highest BCUT2D eigenvalue weighted by molar-refractivity contribution is 7.20. The Morgan fingerprint density at radius 1 is 0.246 bits per heavy atom. The van der Waals surface area contributed by atoms with Crippen molar-refractivity contribution in [1.82, 2.24) is 4.57 Å². The SMILES string of the molecule is [2H]c1c([2H])c([2H])c(-c2cccc([Si](c3ccccc3)(c3ccccc3)c3ccc(-c4ccc5c(c4)B4c6ccc([Si](c7ccccc7)(c7ccccc7)c7cccc(-c8ccccc8)c7)cc6N(c6ccc(C(C)(C)C)cc6-c6ccccc6)c6cc(-n7c8c([2H])c([2H])c([2H])c([2H])c8c8c([2H])c([2H])c([2H])c([2H])c87)cc(c64)N5c4ccc(C(C)(C)C)cc4-c4ccccc4)cc3)c2)c([2H])c1[2H]. The quantitative estimate of drug-likeness (QED) is 0.0706. The standard InChI is InChI=1S/C116H92BN3Si2/c1-115(2,3)89-64-71-108(102(76-89)84-41-19-9-20-42-84)119-110-70-63-88(83-61-66-96(67-62-83)121(92-47-23-11-24-48-92,93-49-25-12-26-50-93)97-55-35-45-86(73-97)81-37-15-7-16-38-81)75-105(110)117-104-69-68-99(122(94-51-27-13-28-52-94,95-53-29-14-30-54-95)98-56-36-46-87(74-98)82-39-17-8-18-40-82)80-111(104)120(109-72-65-90(116(4,5)6)77-103(109)85-43-21-10-22-44-85)113-79-91(78-112(119)114(113)117)118-106-59-33-31-57-100(106)101-58-32-34-60-107(101)118/h7-80H,1-6H3/i7D,15D,16D,31D,32D,33D,34D,37D,38D,57D,58D,59D,60D. The van der Waals surface area contributed by atoms with Gasteiger partial charge in [-0.3, -0.25) is 0 Å². The monoisotopic (exact) mass is 1610 g/mol. The largest absolute Gasteiger partial charge is 0.311 e. The number of fused-ring (bicyclic) bond motifs is 7. The zero-order valence-corrected chi connectivity index (χ0v) is 70.6. The Balaban J connectivity index is 0.913. The number of anilines is 6. The molecule has 2 aliphatic rings. The first kappa shape index (κ1) is 62.1. The minimum atomic E-state index is -3.61. The van der Waals surface area contributed by atoms with Crippen LogP contribution in [0, 0.1) is 0 Å². The van der Waals surface area contributed by atoms with E-state index in [9.17, 15) is 13.7 Å². The van der Waals surface area contributed by atoms with Gasteiger partial charge in [0.05, 0.1) is 45.9 Å². The minimum Gasteiger partial charge on any atom is -0.311 e. The van der Waals surface area contributed by atoms with Gasteiger partial charge in [-0.05, 0) is 185 Å². The average molecular weight is 1610 g/mol. The molecule has 122 heavy (non-hydrogen) atoms. The van der Waals surface area contributed by atoms with Gasteiger partial charge in [-0.1, -0.05) is 430 Å². The molecule has 6 heteroatoms. The summed E-state index contributed by atoms with van der Waals surface area (Å²) in [6.07, 6.45) is 0. The van der Waals surface area contributed by atoms with Crippen LogP contribution >= 0.6 is 0 Å². The molecule has 3 nitrogen and oxygen atoms in total. The Hall–Kier alpha value is -14.1. The van der Waals surface area contributed by atoms with Crippen molar-refractivity contribution < 1.29 is 17.8 Å². The average Bonchev–Trinajstić information content (AvgIpc) is 1.57. The highest BCUT2D eigenvalue weighted by atomic mass is 28.3. The maximum absolute atomic E-state index is 10.3. The minimum absolute atomic E-state index is 0.0114. The zero-order chi connectivity index (χ0) is 93.6. The van der Waals surface area contributed by atoms with E-state index in [1.165, 1.54) is 0 Å². The van der Waals surface area contributed by atoms with E-state index in [1.54, 1.807) is 4.57 Å². The van der Waals surface area contributed by atoms with Gasteiger partial charge in [-0.25, -0.2) is 0 Å². The summed E-state index contributed by atoms with van der Waals surface area (Å²) in [5.74, 6) is 0. The number of nitrogens with zero attached hydrogens (tertiary/aromatic N) is 3. The van der Waals surface area contributed by atoms with E-state index in [4.69, 9.17) is 4.11 Å². The summed E-state index contributed by atoms with van der Waals surface area (Å²) in [5, 5.41) is 8.62. The van der Waals surface area contributed by atoms with E-state index in [0.29, 0.717) is 22.6 Å². The zero-order valence-electron chi connectivity index (χ0n) is 81.6. The molecule has 19 aromatic rings. The van der Waals surface area contributed by atoms with Gasteiger partial charge < -0.3 is 14.4 Å². The lowest BCUT2D eigenvalue weighted by Crippen LogP contribution is -2.75. The fraction of sp³-hybridized carbons (Fsp3) is 0.0690. The molecule has 0 fully saturated rings. The van der Waals surface area contributed by atoms with Crippen LogP contribution in [0.1, 0.15) is 70.5 Å². The fourth-order valence-corrected chi connectivity index (χ4v) is 28.9. The molecule has 0 aliphatic carbocycles. The lowest BCUT2D eigenvalue weighted by Gasteiger charge is -2.46. The first-order valence-corrected chi connectivity index (χ1v) is 45.8. The van der Waals surface area contributed by atoms with Crippen molar-refractivity contribution in [2.75, 3.05) is 9.80 Å². The molecule has 21 rings (SSSR count). The van der Waals surface area contributed by atoms with E-state index >= 15 is 0 Å². The Morgan fingerprint density at radius 2 is 0.598 bits per heavy atom. The van der Waals surface area contributed by atoms with Crippen molar-refractivity contribution in [3.8, 4) is 61.3 Å². The van der Waals surface area contributed by atoms with Gasteiger partial charge in [0.15, 0.2) is 16.1 Å². The van der Waals surface area contributed by atoms with Gasteiger partial charge in [0.25, 0.3) is 6.71 Å². The summed E-state index contributed by atoms with van der Waals surface area (Å²) >= 11 is 0. The molecule has 0 bridgehead atoms. The smallest absolute Gasteiger partial charge is 0.252 e. The van der Waals surface area contributed by atoms with Gasteiger partial charge in [-0.2, -0.15) is 0 Å². The topological polar surface area (TPSA) is 11.4 Å². The molecule has 0 saturated heterocycles. The van der Waals surface area contributed by atoms with Crippen LogP contribution in [0.5, 0.6) is 0 Å². The molecule has 0 radical (unpaired) electrons. The van der Waals surface area contributed by atoms with Crippen molar-refractivity contribution in [3.05, 3.63) is 460 Å². The number of rotatable bonds is 16. The molecular formula is C116H92BN3Si2. The third-order valence-corrected chi connectivity index (χ3v) is 34.6. The normalized spacial score (nSPS) is 14.1. The Morgan fingerprint density at radius 3 is 1.07 bits per heavy atom. The summed E-state index contributed by atoms with van der Waals surface area (Å²) in [6, 6.07) is 127. The third kappa shape index (κ3) is 12.8. The second kappa shape index (κ2) is 30.6. The Labute approximate surface area is 737 Å². The second-order valence-corrected chi connectivity index (χ2v) is 41.7. The van der Waals surface area contributed by atoms with Crippen molar-refractivity contribution in [1.29, 1.82) is 0 Å². The molecule has 0 amide bonds. The number of hydrogen-bond acceptors (Lipinski definition) is 2. The van der Waals surface area contributed by atoms with Crippen molar-refractivity contribution in [3.63, 3.8) is 0 Å². The molecule has 0 atom stereocenters. The predicted molar refractivity (Wildman–Crippen MR) is 527 cm³/mol. The van der Waals surface area contributed by atoms with E-state index < -0.39 is 89.3 Å². The summed E-state index contributed by atoms with van der Waals surface area (Å²) in [4.78, 5) is 4.80. The van der Waals surface area contributed by atoms with Crippen LogP contribution in [0.15, 0.2) is 449 Å². The van der Waals surface area contributed by atoms with Crippen LogP contribution in [0.2, 0.25) is 0 Å². The molecular weight excluding hydrogens is 1500 g/mol. The van der Waals surface area contributed by atoms with Crippen LogP contribution in [0.3, 0.4) is 0 Å². The van der Waals surface area contributed by atoms with E-state index in [2.05, 4.69) is 379 Å². The predicted octanol–water partition coefficient (Wildman–Crippen LogP) is 22.6. The molecule has 0 N–H and O–H groups in total. The molecule has 582 valence electrons. The van der Waals surface area contributed by atoms with Gasteiger partial charge >= 0.3 is 0 Å². The molecule has 0 spiro atoms. The number of benzene rings is 18. The summed E-state index contributed by atoms with van der Waals surface area (Å²) in [6.45, 7) is 12.7. The maximum atomic E-state index is 10.3. The Bertz CT molecular complexity index is 7790. The van der Waals surface area contributed by atoms with Gasteiger partial charge in [0.2, 0.25) is 0 Å². The lowest BCUT2D eigenvalue weighted by atomic mass is 9.33. The van der Waals surface area contributed by atoms with Crippen LogP contribution < -0.4 is 67.7 Å². The van der Waals surface area contributed by atoms with Gasteiger partial charge in [0, 0.05) is 44.6 Å². The van der Waals surface area contributed by atoms with Crippen LogP contribution in [-0.4, -0.2) is 27.4 Å². The first-order chi connectivity index (χ1) is 65.2. The number of aromatic nitrogens is 1. The van der Waals surface area contributed by atoms with Crippen LogP contribution in [-0.2, 0) is 10.8 Å². The van der Waals surface area contributed by atoms with Crippen LogP contribution in [0.25, 0.3) is 83.1 Å². The summed E-state index contributed by atoms with van der Waals surface area (Å²) in [5.41, 5.74) is 17.8. The number of para-hydroxylation sites is 2. The lowest BCUT2D eigenvalue weighted by molar-refractivity contribution is 0.590. The van der Waals surface area contributed by atoms with Crippen molar-refractivity contribution in [2.45, 2.75) is 52.4 Å².